The molecule has 2 N–H and O–H groups in total. The highest BCUT2D eigenvalue weighted by atomic mass is 32.1. The Bertz CT molecular complexity index is 308. The minimum Gasteiger partial charge on any atom is -0.351 e. The van der Waals surface area contributed by atoms with E-state index in [1.807, 2.05) is 25.2 Å². The summed E-state index contributed by atoms with van der Waals surface area (Å²) in [5.41, 5.74) is 6.13. The number of hydrogen-bond donors (Lipinski definition) is 1. The van der Waals surface area contributed by atoms with Gasteiger partial charge in [0.15, 0.2) is 6.29 Å². The summed E-state index contributed by atoms with van der Waals surface area (Å²) in [6.07, 6.45) is 1.60. The second kappa shape index (κ2) is 7.82. The fourth-order valence-corrected chi connectivity index (χ4v) is 2.70. The van der Waals surface area contributed by atoms with Crippen LogP contribution in [0.1, 0.15) is 30.5 Å². The van der Waals surface area contributed by atoms with Gasteiger partial charge in [0.25, 0.3) is 0 Å². The summed E-state index contributed by atoms with van der Waals surface area (Å²) >= 11 is 1.82. The van der Waals surface area contributed by atoms with E-state index in [2.05, 4.69) is 19.1 Å². The van der Waals surface area contributed by atoms with Crippen molar-refractivity contribution in [3.05, 3.63) is 21.9 Å². The second-order valence-electron chi connectivity index (χ2n) is 3.87. The summed E-state index contributed by atoms with van der Waals surface area (Å²) in [6, 6.07) is 4.22. The fraction of sp³-hybridized carbons (Fsp3) is 0.692. The maximum atomic E-state index is 6.13. The van der Waals surface area contributed by atoms with Gasteiger partial charge < -0.3 is 15.2 Å². The third kappa shape index (κ3) is 4.76. The number of aryl methyl sites for hydroxylation is 1. The maximum Gasteiger partial charge on any atom is 0.172 e. The van der Waals surface area contributed by atoms with Crippen molar-refractivity contribution >= 4 is 11.3 Å². The molecule has 1 unspecified atom stereocenters. The van der Waals surface area contributed by atoms with Gasteiger partial charge in [-0.25, -0.2) is 0 Å². The van der Waals surface area contributed by atoms with E-state index < -0.39 is 0 Å². The first-order valence-corrected chi connectivity index (χ1v) is 7.09. The molecule has 0 spiro atoms. The van der Waals surface area contributed by atoms with E-state index in [1.54, 1.807) is 0 Å². The topological polar surface area (TPSA) is 44.5 Å². The normalized spacial score (nSPS) is 13.2. The molecule has 0 aromatic carbocycles. The van der Waals surface area contributed by atoms with Gasteiger partial charge in [0.2, 0.25) is 0 Å². The molecule has 3 nitrogen and oxygen atoms in total. The highest BCUT2D eigenvalue weighted by Crippen LogP contribution is 2.19. The lowest BCUT2D eigenvalue weighted by Gasteiger charge is -2.23. The van der Waals surface area contributed by atoms with Gasteiger partial charge in [0.05, 0.1) is 6.04 Å². The monoisotopic (exact) mass is 257 g/mol. The molecular weight excluding hydrogens is 234 g/mol. The highest BCUT2D eigenvalue weighted by molar-refractivity contribution is 7.11. The highest BCUT2D eigenvalue weighted by Gasteiger charge is 2.19. The van der Waals surface area contributed by atoms with Crippen LogP contribution >= 0.6 is 11.3 Å². The summed E-state index contributed by atoms with van der Waals surface area (Å²) in [5, 5.41) is 0. The molecule has 0 saturated carbocycles. The van der Waals surface area contributed by atoms with Crippen molar-refractivity contribution in [1.82, 2.24) is 0 Å². The van der Waals surface area contributed by atoms with Crippen molar-refractivity contribution in [2.75, 3.05) is 13.2 Å². The molecule has 0 amide bonds. The van der Waals surface area contributed by atoms with Crippen molar-refractivity contribution in [3.8, 4) is 0 Å². The van der Waals surface area contributed by atoms with Crippen LogP contribution in [0.25, 0.3) is 0 Å². The van der Waals surface area contributed by atoms with Gasteiger partial charge in [-0.3, -0.25) is 0 Å². The van der Waals surface area contributed by atoms with Crippen LogP contribution in [0.15, 0.2) is 12.1 Å². The van der Waals surface area contributed by atoms with Gasteiger partial charge in [-0.05, 0) is 32.4 Å². The Morgan fingerprint density at radius 3 is 2.18 bits per heavy atom. The zero-order chi connectivity index (χ0) is 12.7. The Morgan fingerprint density at radius 2 is 1.71 bits per heavy atom. The van der Waals surface area contributed by atoms with Crippen LogP contribution in [0.3, 0.4) is 0 Å². The molecule has 1 atom stereocenters. The number of ether oxygens (including phenoxy) is 2. The number of hydrogen-bond acceptors (Lipinski definition) is 4. The van der Waals surface area contributed by atoms with E-state index in [0.717, 1.165) is 12.8 Å². The zero-order valence-corrected chi connectivity index (χ0v) is 11.8. The van der Waals surface area contributed by atoms with Gasteiger partial charge in [-0.1, -0.05) is 6.92 Å². The summed E-state index contributed by atoms with van der Waals surface area (Å²) in [7, 11) is 0. The molecule has 1 heterocycles. The SMILES string of the molecule is CCOC(OCC)C(N)Cc1ccc(CC)s1. The molecule has 0 saturated heterocycles. The number of rotatable bonds is 8. The van der Waals surface area contributed by atoms with Gasteiger partial charge >= 0.3 is 0 Å². The van der Waals surface area contributed by atoms with Crippen LogP contribution in [0.4, 0.5) is 0 Å². The van der Waals surface area contributed by atoms with Crippen LogP contribution in [0.2, 0.25) is 0 Å². The van der Waals surface area contributed by atoms with Crippen molar-refractivity contribution in [2.45, 2.75) is 45.9 Å². The maximum absolute atomic E-state index is 6.13. The van der Waals surface area contributed by atoms with E-state index in [9.17, 15) is 0 Å². The second-order valence-corrected chi connectivity index (χ2v) is 5.12. The Balaban J connectivity index is 2.52. The Kier molecular flexibility index (Phi) is 6.73. The Morgan fingerprint density at radius 1 is 1.12 bits per heavy atom. The van der Waals surface area contributed by atoms with Gasteiger partial charge in [-0.2, -0.15) is 0 Å². The van der Waals surface area contributed by atoms with Gasteiger partial charge in [-0.15, -0.1) is 11.3 Å². The number of nitrogens with two attached hydrogens (primary N) is 1. The molecule has 1 aromatic heterocycles. The van der Waals surface area contributed by atoms with E-state index in [-0.39, 0.29) is 12.3 Å². The molecule has 98 valence electrons. The predicted octanol–water partition coefficient (Wildman–Crippen LogP) is 2.58. The van der Waals surface area contributed by atoms with Crippen molar-refractivity contribution < 1.29 is 9.47 Å². The summed E-state index contributed by atoms with van der Waals surface area (Å²) in [4.78, 5) is 2.70. The molecule has 0 bridgehead atoms. The third-order valence-electron chi connectivity index (χ3n) is 2.51. The minimum absolute atomic E-state index is 0.0988. The van der Waals surface area contributed by atoms with Crippen LogP contribution < -0.4 is 5.73 Å². The zero-order valence-electron chi connectivity index (χ0n) is 10.9. The molecule has 0 aliphatic heterocycles. The Labute approximate surface area is 108 Å². The van der Waals surface area contributed by atoms with E-state index >= 15 is 0 Å². The molecule has 1 aromatic rings. The summed E-state index contributed by atoms with van der Waals surface area (Å²) < 4.78 is 11.0. The number of thiophene rings is 1. The average Bonchev–Trinajstić information content (AvgIpc) is 2.76. The average molecular weight is 257 g/mol. The molecule has 17 heavy (non-hydrogen) atoms. The molecule has 0 aliphatic carbocycles. The summed E-state index contributed by atoms with van der Waals surface area (Å²) in [6.45, 7) is 7.34. The van der Waals surface area contributed by atoms with Crippen LogP contribution in [0, 0.1) is 0 Å². The van der Waals surface area contributed by atoms with Crippen molar-refractivity contribution in [1.29, 1.82) is 0 Å². The smallest absolute Gasteiger partial charge is 0.172 e. The minimum atomic E-state index is -0.294. The van der Waals surface area contributed by atoms with E-state index in [4.69, 9.17) is 15.2 Å². The standard InChI is InChI=1S/C13H23NO2S/c1-4-10-7-8-11(17-10)9-12(14)13(15-5-2)16-6-3/h7-8,12-13H,4-6,9,14H2,1-3H3. The quantitative estimate of drug-likeness (QED) is 0.728. The molecule has 1 rings (SSSR count). The largest absolute Gasteiger partial charge is 0.351 e. The van der Waals surface area contributed by atoms with Gasteiger partial charge in [0.1, 0.15) is 0 Å². The molecule has 4 heteroatoms. The first kappa shape index (κ1) is 14.6. The lowest BCUT2D eigenvalue weighted by Crippen LogP contribution is -2.40. The van der Waals surface area contributed by atoms with Gasteiger partial charge in [0, 0.05) is 29.4 Å². The van der Waals surface area contributed by atoms with Crippen LogP contribution in [0.5, 0.6) is 0 Å². The first-order valence-electron chi connectivity index (χ1n) is 6.27. The lowest BCUT2D eigenvalue weighted by molar-refractivity contribution is -0.147. The Hall–Kier alpha value is -0.420. The van der Waals surface area contributed by atoms with Crippen LogP contribution in [-0.4, -0.2) is 25.5 Å². The van der Waals surface area contributed by atoms with Crippen LogP contribution in [-0.2, 0) is 22.3 Å². The van der Waals surface area contributed by atoms with E-state index in [0.29, 0.717) is 13.2 Å². The fourth-order valence-electron chi connectivity index (χ4n) is 1.67. The predicted molar refractivity (Wildman–Crippen MR) is 72.4 cm³/mol. The van der Waals surface area contributed by atoms with E-state index in [1.165, 1.54) is 9.75 Å². The molecule has 0 aliphatic rings. The lowest BCUT2D eigenvalue weighted by atomic mass is 10.2. The third-order valence-corrected chi connectivity index (χ3v) is 3.77. The molecular formula is C13H23NO2S. The first-order chi connectivity index (χ1) is 8.21. The van der Waals surface area contributed by atoms with Crippen molar-refractivity contribution in [3.63, 3.8) is 0 Å². The summed E-state index contributed by atoms with van der Waals surface area (Å²) in [5.74, 6) is 0. The molecule has 0 fully saturated rings. The van der Waals surface area contributed by atoms with Crippen molar-refractivity contribution in [2.24, 2.45) is 5.73 Å². The molecule has 0 radical (unpaired) electrons.